The second-order valence-electron chi connectivity index (χ2n) is 3.12. The van der Waals surface area contributed by atoms with Crippen molar-refractivity contribution in [3.8, 4) is 0 Å². The van der Waals surface area contributed by atoms with E-state index in [1.54, 1.807) is 0 Å². The average Bonchev–Trinajstić information content (AvgIpc) is 2.65. The van der Waals surface area contributed by atoms with Crippen molar-refractivity contribution in [1.82, 2.24) is 15.5 Å². The summed E-state index contributed by atoms with van der Waals surface area (Å²) in [6.45, 7) is 3.07. The molecular weight excluding hydrogens is 198 g/mol. The summed E-state index contributed by atoms with van der Waals surface area (Å²) in [7, 11) is 0. The van der Waals surface area contributed by atoms with Crippen LogP contribution in [0.4, 0.5) is 0 Å². The maximum absolute atomic E-state index is 10.2. The molecule has 1 rings (SSSR count). The highest BCUT2D eigenvalue weighted by Crippen LogP contribution is 1.99. The van der Waals surface area contributed by atoms with Crippen LogP contribution in [0.5, 0.6) is 0 Å². The molecule has 1 aromatic rings. The van der Waals surface area contributed by atoms with Crippen molar-refractivity contribution in [2.24, 2.45) is 0 Å². The van der Waals surface area contributed by atoms with Gasteiger partial charge in [0.2, 0.25) is 11.8 Å². The topological polar surface area (TPSA) is 88.2 Å². The van der Waals surface area contributed by atoms with Gasteiger partial charge >= 0.3 is 5.97 Å². The van der Waals surface area contributed by atoms with Crippen LogP contribution >= 0.6 is 0 Å². The number of hydrogen-bond donors (Lipinski definition) is 2. The normalized spacial score (nSPS) is 10.5. The van der Waals surface area contributed by atoms with Gasteiger partial charge in [0.25, 0.3) is 0 Å². The fourth-order valence-corrected chi connectivity index (χ4v) is 1.06. The Hall–Kier alpha value is -1.43. The van der Waals surface area contributed by atoms with Gasteiger partial charge in [-0.1, -0.05) is 6.92 Å². The van der Waals surface area contributed by atoms with Crippen molar-refractivity contribution in [3.05, 3.63) is 11.8 Å². The molecule has 0 atom stereocenters. The molecule has 0 aliphatic carbocycles. The van der Waals surface area contributed by atoms with Crippen LogP contribution in [0.15, 0.2) is 4.42 Å². The van der Waals surface area contributed by atoms with Gasteiger partial charge in [-0.2, -0.15) is 0 Å². The van der Waals surface area contributed by atoms with Gasteiger partial charge in [0.15, 0.2) is 0 Å². The zero-order chi connectivity index (χ0) is 11.1. The molecule has 0 aliphatic rings. The number of rotatable bonds is 7. The minimum Gasteiger partial charge on any atom is -0.481 e. The van der Waals surface area contributed by atoms with Crippen molar-refractivity contribution >= 4 is 5.97 Å². The molecular formula is C9H15N3O3. The van der Waals surface area contributed by atoms with Gasteiger partial charge < -0.3 is 14.8 Å². The Labute approximate surface area is 87.7 Å². The molecule has 0 aromatic carbocycles. The van der Waals surface area contributed by atoms with E-state index in [0.29, 0.717) is 31.3 Å². The van der Waals surface area contributed by atoms with E-state index in [-0.39, 0.29) is 6.42 Å². The van der Waals surface area contributed by atoms with Gasteiger partial charge in [0, 0.05) is 12.8 Å². The van der Waals surface area contributed by atoms with Crippen molar-refractivity contribution in [1.29, 1.82) is 0 Å². The van der Waals surface area contributed by atoms with Gasteiger partial charge in [0.1, 0.15) is 0 Å². The fraction of sp³-hybridized carbons (Fsp3) is 0.667. The van der Waals surface area contributed by atoms with Gasteiger partial charge in [-0.3, -0.25) is 4.79 Å². The van der Waals surface area contributed by atoms with E-state index < -0.39 is 5.97 Å². The predicted octanol–water partition coefficient (Wildman–Crippen LogP) is 0.586. The Kier molecular flexibility index (Phi) is 4.76. The summed E-state index contributed by atoms with van der Waals surface area (Å²) in [6.07, 6.45) is 1.51. The molecule has 6 nitrogen and oxygen atoms in total. The second kappa shape index (κ2) is 6.13. The van der Waals surface area contributed by atoms with E-state index in [9.17, 15) is 4.79 Å². The van der Waals surface area contributed by atoms with Gasteiger partial charge in [-0.25, -0.2) is 0 Å². The van der Waals surface area contributed by atoms with Crippen LogP contribution in [0.25, 0.3) is 0 Å². The highest BCUT2D eigenvalue weighted by atomic mass is 16.4. The Bertz CT molecular complexity index is 311. The summed E-state index contributed by atoms with van der Waals surface area (Å²) in [6, 6.07) is 0. The van der Waals surface area contributed by atoms with Gasteiger partial charge in [0.05, 0.1) is 6.54 Å². The summed E-state index contributed by atoms with van der Waals surface area (Å²) in [5.74, 6) is 0.391. The minimum absolute atomic E-state index is 0.178. The molecule has 15 heavy (non-hydrogen) atoms. The number of nitrogens with one attached hydrogen (secondary N) is 1. The molecule has 0 radical (unpaired) electrons. The Morgan fingerprint density at radius 1 is 1.47 bits per heavy atom. The number of hydrogen-bond acceptors (Lipinski definition) is 5. The van der Waals surface area contributed by atoms with Gasteiger partial charge in [-0.05, 0) is 13.0 Å². The molecule has 0 saturated carbocycles. The van der Waals surface area contributed by atoms with E-state index in [0.717, 1.165) is 6.42 Å². The zero-order valence-corrected chi connectivity index (χ0v) is 8.69. The first-order chi connectivity index (χ1) is 7.22. The maximum atomic E-state index is 10.2. The number of carboxylic acid groups (broad SMARTS) is 1. The van der Waals surface area contributed by atoms with E-state index in [1.165, 1.54) is 0 Å². The summed E-state index contributed by atoms with van der Waals surface area (Å²) < 4.78 is 5.26. The summed E-state index contributed by atoms with van der Waals surface area (Å²) in [5, 5.41) is 19.1. The monoisotopic (exact) mass is 213 g/mol. The van der Waals surface area contributed by atoms with E-state index in [4.69, 9.17) is 9.52 Å². The van der Waals surface area contributed by atoms with Crippen LogP contribution in [-0.2, 0) is 17.8 Å². The molecule has 1 heterocycles. The van der Waals surface area contributed by atoms with Crippen LogP contribution in [0, 0.1) is 0 Å². The SMILES string of the molecule is CCc1nnc(CNCCCC(=O)O)o1. The number of aromatic nitrogens is 2. The molecule has 0 aliphatic heterocycles. The number of carboxylic acids is 1. The molecule has 0 saturated heterocycles. The van der Waals surface area contributed by atoms with Crippen molar-refractivity contribution < 1.29 is 14.3 Å². The van der Waals surface area contributed by atoms with Crippen LogP contribution in [0.2, 0.25) is 0 Å². The number of carbonyl (C=O) groups is 1. The first-order valence-corrected chi connectivity index (χ1v) is 4.96. The quantitative estimate of drug-likeness (QED) is 0.644. The minimum atomic E-state index is -0.775. The molecule has 0 unspecified atom stereocenters. The van der Waals surface area contributed by atoms with Gasteiger partial charge in [-0.15, -0.1) is 10.2 Å². The lowest BCUT2D eigenvalue weighted by Gasteiger charge is -1.98. The summed E-state index contributed by atoms with van der Waals surface area (Å²) >= 11 is 0. The van der Waals surface area contributed by atoms with Crippen LogP contribution < -0.4 is 5.32 Å². The molecule has 0 spiro atoms. The summed E-state index contributed by atoms with van der Waals surface area (Å²) in [5.41, 5.74) is 0. The molecule has 84 valence electrons. The second-order valence-corrected chi connectivity index (χ2v) is 3.12. The highest BCUT2D eigenvalue weighted by Gasteiger charge is 2.03. The van der Waals surface area contributed by atoms with E-state index >= 15 is 0 Å². The number of nitrogens with zero attached hydrogens (tertiary/aromatic N) is 2. The van der Waals surface area contributed by atoms with Crippen molar-refractivity contribution in [3.63, 3.8) is 0 Å². The third-order valence-electron chi connectivity index (χ3n) is 1.83. The number of aryl methyl sites for hydroxylation is 1. The summed E-state index contributed by atoms with van der Waals surface area (Å²) in [4.78, 5) is 10.2. The lowest BCUT2D eigenvalue weighted by Crippen LogP contribution is -2.15. The Morgan fingerprint density at radius 2 is 2.20 bits per heavy atom. The third kappa shape index (κ3) is 4.55. The van der Waals surface area contributed by atoms with Crippen LogP contribution in [-0.4, -0.2) is 27.8 Å². The largest absolute Gasteiger partial charge is 0.481 e. The molecule has 0 fully saturated rings. The fourth-order valence-electron chi connectivity index (χ4n) is 1.06. The van der Waals surface area contributed by atoms with Crippen molar-refractivity contribution in [2.45, 2.75) is 32.7 Å². The first kappa shape index (κ1) is 11.6. The Morgan fingerprint density at radius 3 is 2.80 bits per heavy atom. The highest BCUT2D eigenvalue weighted by molar-refractivity contribution is 5.66. The molecule has 0 amide bonds. The zero-order valence-electron chi connectivity index (χ0n) is 8.69. The molecule has 0 bridgehead atoms. The van der Waals surface area contributed by atoms with Crippen LogP contribution in [0.3, 0.4) is 0 Å². The lowest BCUT2D eigenvalue weighted by atomic mass is 10.3. The van der Waals surface area contributed by atoms with Crippen LogP contribution in [0.1, 0.15) is 31.5 Å². The predicted molar refractivity (Wildman–Crippen MR) is 52.3 cm³/mol. The average molecular weight is 213 g/mol. The van der Waals surface area contributed by atoms with E-state index in [1.807, 2.05) is 6.92 Å². The molecule has 2 N–H and O–H groups in total. The maximum Gasteiger partial charge on any atom is 0.303 e. The first-order valence-electron chi connectivity index (χ1n) is 4.96. The van der Waals surface area contributed by atoms with E-state index in [2.05, 4.69) is 15.5 Å². The lowest BCUT2D eigenvalue weighted by molar-refractivity contribution is -0.137. The number of aliphatic carboxylic acids is 1. The third-order valence-corrected chi connectivity index (χ3v) is 1.83. The molecule has 6 heteroatoms. The Balaban J connectivity index is 2.12. The standard InChI is InChI=1S/C9H15N3O3/c1-2-7-11-12-8(15-7)6-10-5-3-4-9(13)14/h10H,2-6H2,1H3,(H,13,14). The smallest absolute Gasteiger partial charge is 0.303 e. The van der Waals surface area contributed by atoms with Crippen molar-refractivity contribution in [2.75, 3.05) is 6.54 Å². The molecule has 1 aromatic heterocycles.